The fourth-order valence-electron chi connectivity index (χ4n) is 5.49. The number of carbonyl (C=O) groups excluding carboxylic acids is 1. The predicted octanol–water partition coefficient (Wildman–Crippen LogP) is 0.301. The zero-order chi connectivity index (χ0) is 19.1. The molecule has 1 aliphatic carbocycles. The van der Waals surface area contributed by atoms with E-state index in [1.807, 2.05) is 7.05 Å². The third-order valence-corrected chi connectivity index (χ3v) is 6.66. The van der Waals surface area contributed by atoms with E-state index in [9.17, 15) is 9.90 Å². The minimum absolute atomic E-state index is 0.197. The Hall–Kier alpha value is -1.87. The zero-order valence-electron chi connectivity index (χ0n) is 15.7. The molecule has 3 heterocycles. The van der Waals surface area contributed by atoms with E-state index in [4.69, 9.17) is 23.7 Å². The van der Waals surface area contributed by atoms with Gasteiger partial charge < -0.3 is 28.8 Å². The number of methoxy groups -OCH3 is 3. The number of hydrogen-bond donors (Lipinski definition) is 1. The molecule has 0 radical (unpaired) electrons. The Morgan fingerprint density at radius 3 is 2.56 bits per heavy atom. The van der Waals surface area contributed by atoms with Gasteiger partial charge in [0.05, 0.1) is 25.8 Å². The second-order valence-corrected chi connectivity index (χ2v) is 7.73. The molecule has 1 N–H and O–H groups in total. The summed E-state index contributed by atoms with van der Waals surface area (Å²) in [5, 5.41) is 12.1. The maximum absolute atomic E-state index is 12.8. The summed E-state index contributed by atoms with van der Waals surface area (Å²) in [5.41, 5.74) is -1.23. The molecule has 0 bridgehead atoms. The van der Waals surface area contributed by atoms with Gasteiger partial charge in [0.1, 0.15) is 23.4 Å². The van der Waals surface area contributed by atoms with Crippen molar-refractivity contribution in [2.75, 3.05) is 34.9 Å². The first-order chi connectivity index (χ1) is 12.9. The molecule has 1 aromatic rings. The lowest BCUT2D eigenvalue weighted by molar-refractivity contribution is -0.194. The number of fused-ring (bicyclic) bond motifs is 4. The standard InChI is InChI=1S/C19H23NO7/c1-20-6-5-18-14(27-18)13(25-4)15-19(22,17(18)20)10-8-12(24-3)11(23-2)7-9(10)16(21)26-15/h7-8,13-15,17,22H,5-6H2,1-4H3. The molecule has 146 valence electrons. The first-order valence-electron chi connectivity index (χ1n) is 9.03. The van der Waals surface area contributed by atoms with Crippen LogP contribution in [0.25, 0.3) is 0 Å². The molecular formula is C19H23NO7. The fraction of sp³-hybridized carbons (Fsp3) is 0.632. The normalized spacial score (nSPS) is 41.7. The minimum atomic E-state index is -1.48. The van der Waals surface area contributed by atoms with Crippen molar-refractivity contribution in [3.8, 4) is 11.5 Å². The SMILES string of the molecule is COc1cc2c(cc1OC)C1(O)C(OC2=O)C(OC)C2OC23CCN(C)C31. The Balaban J connectivity index is 1.76. The topological polar surface area (TPSA) is 90.0 Å². The molecule has 6 atom stereocenters. The van der Waals surface area contributed by atoms with Crippen LogP contribution in [0.3, 0.4) is 0 Å². The number of rotatable bonds is 3. The van der Waals surface area contributed by atoms with Gasteiger partial charge in [-0.1, -0.05) is 0 Å². The smallest absolute Gasteiger partial charge is 0.339 e. The molecule has 4 aliphatic rings. The monoisotopic (exact) mass is 377 g/mol. The second-order valence-electron chi connectivity index (χ2n) is 7.73. The van der Waals surface area contributed by atoms with Crippen molar-refractivity contribution in [1.82, 2.24) is 4.90 Å². The molecule has 6 unspecified atom stereocenters. The highest BCUT2D eigenvalue weighted by atomic mass is 16.7. The van der Waals surface area contributed by atoms with E-state index in [0.717, 1.165) is 13.0 Å². The van der Waals surface area contributed by atoms with Crippen LogP contribution in [0.4, 0.5) is 0 Å². The number of hydrogen-bond acceptors (Lipinski definition) is 8. The van der Waals surface area contributed by atoms with Gasteiger partial charge in [-0.25, -0.2) is 4.79 Å². The summed E-state index contributed by atoms with van der Waals surface area (Å²) >= 11 is 0. The Bertz CT molecular complexity index is 829. The third-order valence-electron chi connectivity index (χ3n) is 6.66. The number of esters is 1. The molecule has 3 aliphatic heterocycles. The van der Waals surface area contributed by atoms with Gasteiger partial charge in [0.25, 0.3) is 0 Å². The summed E-state index contributed by atoms with van der Waals surface area (Å²) in [6.07, 6.45) is -0.809. The van der Waals surface area contributed by atoms with Crippen molar-refractivity contribution >= 4 is 5.97 Å². The van der Waals surface area contributed by atoms with E-state index in [-0.39, 0.29) is 17.7 Å². The summed E-state index contributed by atoms with van der Waals surface area (Å²) in [6, 6.07) is 2.89. The number of epoxide rings is 1. The maximum atomic E-state index is 12.8. The van der Waals surface area contributed by atoms with Crippen molar-refractivity contribution in [1.29, 1.82) is 0 Å². The summed E-state index contributed by atoms with van der Waals surface area (Å²) in [4.78, 5) is 14.8. The van der Waals surface area contributed by atoms with Crippen molar-refractivity contribution in [2.24, 2.45) is 0 Å². The number of nitrogens with zero attached hydrogens (tertiary/aromatic N) is 1. The number of likely N-dealkylation sites (N-methyl/N-ethyl adjacent to an activating group) is 1. The molecule has 1 spiro atoms. The van der Waals surface area contributed by atoms with Crippen LogP contribution in [0.2, 0.25) is 0 Å². The molecule has 3 fully saturated rings. The summed E-state index contributed by atoms with van der Waals surface area (Å²) in [7, 11) is 6.53. The van der Waals surface area contributed by atoms with Gasteiger partial charge in [-0.15, -0.1) is 0 Å². The van der Waals surface area contributed by atoms with Gasteiger partial charge in [-0.3, -0.25) is 4.90 Å². The van der Waals surface area contributed by atoms with Gasteiger partial charge >= 0.3 is 5.97 Å². The van der Waals surface area contributed by atoms with E-state index < -0.39 is 29.4 Å². The molecule has 2 saturated heterocycles. The van der Waals surface area contributed by atoms with Crippen LogP contribution >= 0.6 is 0 Å². The highest BCUT2D eigenvalue weighted by Gasteiger charge is 2.81. The molecule has 5 rings (SSSR count). The van der Waals surface area contributed by atoms with Crippen LogP contribution in [-0.4, -0.2) is 80.9 Å². The average Bonchev–Trinajstić information content (AvgIpc) is 3.28. The number of benzene rings is 1. The number of ether oxygens (including phenoxy) is 5. The predicted molar refractivity (Wildman–Crippen MR) is 92.1 cm³/mol. The molecule has 8 nitrogen and oxygen atoms in total. The molecule has 0 aromatic heterocycles. The van der Waals surface area contributed by atoms with Gasteiger partial charge in [-0.2, -0.15) is 0 Å². The molecule has 0 amide bonds. The average molecular weight is 377 g/mol. The summed E-state index contributed by atoms with van der Waals surface area (Å²) < 4.78 is 28.2. The maximum Gasteiger partial charge on any atom is 0.339 e. The van der Waals surface area contributed by atoms with Gasteiger partial charge in [0.15, 0.2) is 17.6 Å². The second kappa shape index (κ2) is 5.35. The highest BCUT2D eigenvalue weighted by Crippen LogP contribution is 2.63. The Morgan fingerprint density at radius 2 is 1.89 bits per heavy atom. The molecule has 27 heavy (non-hydrogen) atoms. The van der Waals surface area contributed by atoms with E-state index in [1.54, 1.807) is 19.2 Å². The van der Waals surface area contributed by atoms with E-state index in [2.05, 4.69) is 4.90 Å². The lowest BCUT2D eigenvalue weighted by atomic mass is 9.65. The lowest BCUT2D eigenvalue weighted by Crippen LogP contribution is -2.69. The minimum Gasteiger partial charge on any atom is -0.493 e. The van der Waals surface area contributed by atoms with E-state index in [0.29, 0.717) is 17.1 Å². The van der Waals surface area contributed by atoms with Crippen molar-refractivity contribution in [3.05, 3.63) is 23.3 Å². The number of carbonyl (C=O) groups is 1. The largest absolute Gasteiger partial charge is 0.493 e. The molecule has 1 saturated carbocycles. The van der Waals surface area contributed by atoms with Crippen LogP contribution in [-0.2, 0) is 19.8 Å². The quantitative estimate of drug-likeness (QED) is 0.594. The molecule has 1 aromatic carbocycles. The lowest BCUT2D eigenvalue weighted by Gasteiger charge is -2.51. The fourth-order valence-corrected chi connectivity index (χ4v) is 5.49. The van der Waals surface area contributed by atoms with Crippen molar-refractivity contribution < 1.29 is 33.6 Å². The van der Waals surface area contributed by atoms with Gasteiger partial charge in [0, 0.05) is 19.2 Å². The van der Waals surface area contributed by atoms with E-state index in [1.165, 1.54) is 14.2 Å². The number of aliphatic hydroxyl groups is 1. The first-order valence-corrected chi connectivity index (χ1v) is 9.03. The zero-order valence-corrected chi connectivity index (χ0v) is 15.7. The van der Waals surface area contributed by atoms with Crippen molar-refractivity contribution in [2.45, 2.75) is 42.0 Å². The Morgan fingerprint density at radius 1 is 1.19 bits per heavy atom. The van der Waals surface area contributed by atoms with Gasteiger partial charge in [0.2, 0.25) is 0 Å². The number of likely N-dealkylation sites (tertiary alicyclic amines) is 1. The summed E-state index contributed by atoms with van der Waals surface area (Å²) in [5.74, 6) is 0.335. The molecular weight excluding hydrogens is 354 g/mol. The van der Waals surface area contributed by atoms with Crippen molar-refractivity contribution in [3.63, 3.8) is 0 Å². The van der Waals surface area contributed by atoms with Crippen LogP contribution in [0.1, 0.15) is 22.3 Å². The van der Waals surface area contributed by atoms with Gasteiger partial charge in [-0.05, 0) is 25.6 Å². The van der Waals surface area contributed by atoms with Crippen LogP contribution in [0.5, 0.6) is 11.5 Å². The first kappa shape index (κ1) is 17.2. The van der Waals surface area contributed by atoms with Crippen LogP contribution < -0.4 is 9.47 Å². The summed E-state index contributed by atoms with van der Waals surface area (Å²) in [6.45, 7) is 0.781. The third kappa shape index (κ3) is 1.89. The molecule has 8 heteroatoms. The Kier molecular flexibility index (Phi) is 3.42. The van der Waals surface area contributed by atoms with E-state index >= 15 is 0 Å². The van der Waals surface area contributed by atoms with Crippen LogP contribution in [0, 0.1) is 0 Å². The Labute approximate surface area is 156 Å². The highest BCUT2D eigenvalue weighted by molar-refractivity contribution is 5.94. The van der Waals surface area contributed by atoms with Crippen LogP contribution in [0.15, 0.2) is 12.1 Å².